The number of ketones is 1. The minimum Gasteiger partial charge on any atom is -0.494 e. The molecule has 0 N–H and O–H groups in total. The molecule has 2 aromatic rings. The molecule has 2 unspecified atom stereocenters. The quantitative estimate of drug-likeness (QED) is 0.660. The van der Waals surface area contributed by atoms with Crippen LogP contribution in [0.25, 0.3) is 6.08 Å². The normalized spacial score (nSPS) is 18.6. The van der Waals surface area contributed by atoms with E-state index in [-0.39, 0.29) is 17.6 Å². The van der Waals surface area contributed by atoms with Crippen molar-refractivity contribution in [3.8, 4) is 5.75 Å². The van der Waals surface area contributed by atoms with E-state index in [1.54, 1.807) is 0 Å². The van der Waals surface area contributed by atoms with Crippen molar-refractivity contribution >= 4 is 11.9 Å². The highest BCUT2D eigenvalue weighted by Gasteiger charge is 2.27. The second-order valence-corrected chi connectivity index (χ2v) is 6.80. The van der Waals surface area contributed by atoms with Gasteiger partial charge in [0, 0.05) is 5.92 Å². The summed E-state index contributed by atoms with van der Waals surface area (Å²) in [5.74, 6) is 1.48. The highest BCUT2D eigenvalue weighted by molar-refractivity contribution is 5.94. The summed E-state index contributed by atoms with van der Waals surface area (Å²) < 4.78 is 5.46. The van der Waals surface area contributed by atoms with E-state index in [0.717, 1.165) is 29.7 Å². The van der Waals surface area contributed by atoms with Gasteiger partial charge in [0.05, 0.1) is 6.61 Å². The van der Waals surface area contributed by atoms with Crippen molar-refractivity contribution < 1.29 is 9.53 Å². The van der Waals surface area contributed by atoms with Gasteiger partial charge >= 0.3 is 0 Å². The molecule has 1 aliphatic carbocycles. The number of benzene rings is 2. The third-order valence-electron chi connectivity index (χ3n) is 5.05. The molecule has 3 rings (SSSR count). The maximum absolute atomic E-state index is 12.6. The van der Waals surface area contributed by atoms with Crippen molar-refractivity contribution in [2.45, 2.75) is 32.6 Å². The molecule has 0 heterocycles. The lowest BCUT2D eigenvalue weighted by molar-refractivity contribution is -0.119. The molecule has 0 fully saturated rings. The monoisotopic (exact) mass is 346 g/mol. The average Bonchev–Trinajstić information content (AvgIpc) is 2.68. The third kappa shape index (κ3) is 4.51. The van der Waals surface area contributed by atoms with Gasteiger partial charge in [0.25, 0.3) is 0 Å². The zero-order chi connectivity index (χ0) is 18.4. The van der Waals surface area contributed by atoms with E-state index in [1.165, 1.54) is 5.56 Å². The molecule has 0 saturated heterocycles. The van der Waals surface area contributed by atoms with Crippen molar-refractivity contribution in [2.24, 2.45) is 5.92 Å². The molecule has 0 aromatic heterocycles. The average molecular weight is 346 g/mol. The second-order valence-electron chi connectivity index (χ2n) is 6.80. The summed E-state index contributed by atoms with van der Waals surface area (Å²) >= 11 is 0. The van der Waals surface area contributed by atoms with Crippen molar-refractivity contribution in [3.63, 3.8) is 0 Å². The molecule has 1 aliphatic rings. The first-order valence-corrected chi connectivity index (χ1v) is 9.37. The topological polar surface area (TPSA) is 26.3 Å². The predicted molar refractivity (Wildman–Crippen MR) is 107 cm³/mol. The summed E-state index contributed by atoms with van der Waals surface area (Å²) in [6, 6.07) is 18.3. The maximum Gasteiger partial charge on any atom is 0.159 e. The Balaban J connectivity index is 1.65. The van der Waals surface area contributed by atoms with Gasteiger partial charge in [0.15, 0.2) is 5.78 Å². The minimum atomic E-state index is 0.0834. The molecule has 134 valence electrons. The van der Waals surface area contributed by atoms with Crippen molar-refractivity contribution in [3.05, 3.63) is 83.4 Å². The van der Waals surface area contributed by atoms with E-state index in [1.807, 2.05) is 55.5 Å². The van der Waals surface area contributed by atoms with Crippen molar-refractivity contribution in [2.75, 3.05) is 6.61 Å². The Hall–Kier alpha value is -2.61. The fraction of sp³-hybridized carbons (Fsp3) is 0.292. The van der Waals surface area contributed by atoms with Crippen LogP contribution in [0, 0.1) is 5.92 Å². The summed E-state index contributed by atoms with van der Waals surface area (Å²) in [5, 5.41) is 0. The van der Waals surface area contributed by atoms with Crippen LogP contribution in [-0.4, -0.2) is 12.4 Å². The lowest BCUT2D eigenvalue weighted by atomic mass is 9.77. The number of carbonyl (C=O) groups is 1. The maximum atomic E-state index is 12.6. The molecule has 2 aromatic carbocycles. The number of hydrogen-bond acceptors (Lipinski definition) is 2. The highest BCUT2D eigenvalue weighted by atomic mass is 16.5. The summed E-state index contributed by atoms with van der Waals surface area (Å²) in [7, 11) is 0. The molecule has 0 radical (unpaired) electrons. The molecule has 26 heavy (non-hydrogen) atoms. The van der Waals surface area contributed by atoms with Gasteiger partial charge in [-0.05, 0) is 60.6 Å². The van der Waals surface area contributed by atoms with Gasteiger partial charge in [0.2, 0.25) is 0 Å². The van der Waals surface area contributed by atoms with Gasteiger partial charge in [-0.2, -0.15) is 0 Å². The van der Waals surface area contributed by atoms with E-state index < -0.39 is 0 Å². The van der Waals surface area contributed by atoms with E-state index >= 15 is 0 Å². The predicted octanol–water partition coefficient (Wildman–Crippen LogP) is 5.81. The van der Waals surface area contributed by atoms with E-state index in [9.17, 15) is 4.79 Å². The lowest BCUT2D eigenvalue weighted by Crippen LogP contribution is -2.22. The fourth-order valence-electron chi connectivity index (χ4n) is 3.49. The van der Waals surface area contributed by atoms with Crippen LogP contribution in [0.3, 0.4) is 0 Å². The van der Waals surface area contributed by atoms with E-state index in [4.69, 9.17) is 4.74 Å². The Morgan fingerprint density at radius 1 is 1.08 bits per heavy atom. The van der Waals surface area contributed by atoms with Crippen LogP contribution in [0.4, 0.5) is 0 Å². The molecule has 2 heteroatoms. The molecular weight excluding hydrogens is 320 g/mol. The SMILES string of the molecule is CCOc1ccc(C=CC2=CC(=O)C(C(C)c3ccccc3)CC2)cc1. The van der Waals surface area contributed by atoms with Gasteiger partial charge in [-0.1, -0.05) is 61.5 Å². The molecule has 2 nitrogen and oxygen atoms in total. The summed E-state index contributed by atoms with van der Waals surface area (Å²) in [6.07, 6.45) is 7.82. The Labute approximate surface area is 156 Å². The van der Waals surface area contributed by atoms with Gasteiger partial charge < -0.3 is 4.74 Å². The first-order chi connectivity index (χ1) is 12.7. The van der Waals surface area contributed by atoms with Crippen LogP contribution in [-0.2, 0) is 4.79 Å². The highest BCUT2D eigenvalue weighted by Crippen LogP contribution is 2.33. The number of carbonyl (C=O) groups excluding carboxylic acids is 1. The number of ether oxygens (including phenoxy) is 1. The van der Waals surface area contributed by atoms with Crippen molar-refractivity contribution in [1.29, 1.82) is 0 Å². The molecule has 0 bridgehead atoms. The Bertz CT molecular complexity index is 785. The smallest absolute Gasteiger partial charge is 0.159 e. The first-order valence-electron chi connectivity index (χ1n) is 9.37. The van der Waals surface area contributed by atoms with Gasteiger partial charge in [-0.25, -0.2) is 0 Å². The van der Waals surface area contributed by atoms with Gasteiger partial charge in [-0.15, -0.1) is 0 Å². The van der Waals surface area contributed by atoms with Crippen LogP contribution in [0.5, 0.6) is 5.75 Å². The van der Waals surface area contributed by atoms with Crippen LogP contribution >= 0.6 is 0 Å². The molecule has 2 atom stereocenters. The standard InChI is InChI=1S/C24H26O2/c1-3-26-22-14-11-19(12-15-22)9-10-20-13-16-23(24(25)17-20)18(2)21-7-5-4-6-8-21/h4-12,14-15,17-18,23H,3,13,16H2,1-2H3. The minimum absolute atomic E-state index is 0.0834. The summed E-state index contributed by atoms with van der Waals surface area (Å²) in [5.41, 5.74) is 3.47. The Kier molecular flexibility index (Phi) is 6.06. The van der Waals surface area contributed by atoms with Crippen LogP contribution in [0.1, 0.15) is 43.7 Å². The van der Waals surface area contributed by atoms with Gasteiger partial charge in [-0.3, -0.25) is 4.79 Å². The number of hydrogen-bond donors (Lipinski definition) is 0. The number of allylic oxidation sites excluding steroid dienone is 3. The summed E-state index contributed by atoms with van der Waals surface area (Å²) in [4.78, 5) is 12.6. The molecule has 0 spiro atoms. The molecule has 0 aliphatic heterocycles. The largest absolute Gasteiger partial charge is 0.494 e. The Morgan fingerprint density at radius 2 is 1.81 bits per heavy atom. The Morgan fingerprint density at radius 3 is 2.46 bits per heavy atom. The third-order valence-corrected chi connectivity index (χ3v) is 5.05. The molecule has 0 saturated carbocycles. The van der Waals surface area contributed by atoms with Gasteiger partial charge in [0.1, 0.15) is 5.75 Å². The van der Waals surface area contributed by atoms with Crippen LogP contribution < -0.4 is 4.74 Å². The molecule has 0 amide bonds. The van der Waals surface area contributed by atoms with Crippen molar-refractivity contribution in [1.82, 2.24) is 0 Å². The van der Waals surface area contributed by atoms with Crippen LogP contribution in [0.2, 0.25) is 0 Å². The summed E-state index contributed by atoms with van der Waals surface area (Å²) in [6.45, 7) is 4.81. The zero-order valence-electron chi connectivity index (χ0n) is 15.5. The second kappa shape index (κ2) is 8.66. The lowest BCUT2D eigenvalue weighted by Gasteiger charge is -2.25. The number of rotatable bonds is 6. The van der Waals surface area contributed by atoms with Crippen LogP contribution in [0.15, 0.2) is 72.3 Å². The fourth-order valence-corrected chi connectivity index (χ4v) is 3.49. The first kappa shape index (κ1) is 18.2. The molecular formula is C24H26O2. The van der Waals surface area contributed by atoms with E-state index in [2.05, 4.69) is 31.2 Å². The van der Waals surface area contributed by atoms with E-state index in [0.29, 0.717) is 6.61 Å². The zero-order valence-corrected chi connectivity index (χ0v) is 15.5.